The van der Waals surface area contributed by atoms with Crippen molar-refractivity contribution >= 4 is 41.5 Å². The first kappa shape index (κ1) is 43.9. The summed E-state index contributed by atoms with van der Waals surface area (Å²) in [5, 5.41) is 9.80. The van der Waals surface area contributed by atoms with E-state index in [2.05, 4.69) is 103 Å². The van der Waals surface area contributed by atoms with Crippen LogP contribution in [0, 0.1) is 5.92 Å². The molecule has 2 amide bonds. The molecular formula is C42H60N4O5S2. The highest BCUT2D eigenvalue weighted by Gasteiger charge is 2.38. The molecule has 0 aliphatic rings. The Bertz CT molecular complexity index is 1430. The van der Waals surface area contributed by atoms with Gasteiger partial charge in [0.25, 0.3) is 0 Å². The molecule has 3 rings (SSSR count). The highest BCUT2D eigenvalue weighted by atomic mass is 32.2. The van der Waals surface area contributed by atoms with E-state index in [0.717, 1.165) is 28.9 Å². The Kier molecular flexibility index (Phi) is 18.2. The van der Waals surface area contributed by atoms with Gasteiger partial charge < -0.3 is 25.4 Å². The first-order valence-corrected chi connectivity index (χ1v) is 20.8. The van der Waals surface area contributed by atoms with Gasteiger partial charge in [0.05, 0.1) is 24.4 Å². The van der Waals surface area contributed by atoms with Crippen LogP contribution in [-0.4, -0.2) is 98.1 Å². The molecule has 53 heavy (non-hydrogen) atoms. The van der Waals surface area contributed by atoms with Crippen LogP contribution in [0.5, 0.6) is 0 Å². The summed E-state index contributed by atoms with van der Waals surface area (Å²) >= 11 is 3.40. The van der Waals surface area contributed by atoms with Crippen molar-refractivity contribution in [2.75, 3.05) is 51.6 Å². The number of methoxy groups -OCH3 is 1. The Balaban J connectivity index is 1.87. The molecule has 0 fully saturated rings. The number of carbonyl (C=O) groups excluding carboxylic acids is 3. The van der Waals surface area contributed by atoms with Gasteiger partial charge >= 0.3 is 12.1 Å². The normalized spacial score (nSPS) is 14.1. The van der Waals surface area contributed by atoms with E-state index < -0.39 is 28.5 Å². The van der Waals surface area contributed by atoms with Gasteiger partial charge in [0.15, 0.2) is 0 Å². The summed E-state index contributed by atoms with van der Waals surface area (Å²) in [6.45, 7) is 11.1. The molecule has 0 spiro atoms. The van der Waals surface area contributed by atoms with E-state index in [1.807, 2.05) is 57.2 Å². The lowest BCUT2D eigenvalue weighted by Gasteiger charge is -2.37. The maximum absolute atomic E-state index is 13.3. The second-order valence-corrected chi connectivity index (χ2v) is 16.7. The smallest absolute Gasteiger partial charge is 0.407 e. The fourth-order valence-corrected chi connectivity index (χ4v) is 8.19. The van der Waals surface area contributed by atoms with Crippen LogP contribution in [0.1, 0.15) is 64.2 Å². The maximum atomic E-state index is 13.3. The zero-order valence-corrected chi connectivity index (χ0v) is 34.4. The number of benzene rings is 3. The Morgan fingerprint density at radius 3 is 1.83 bits per heavy atom. The fraction of sp³-hybridized carbons (Fsp3) is 0.500. The molecule has 11 heteroatoms. The molecule has 290 valence electrons. The molecule has 0 aromatic heterocycles. The minimum Gasteiger partial charge on any atom is -0.467 e. The average molecular weight is 765 g/mol. The fourth-order valence-electron chi connectivity index (χ4n) is 6.16. The van der Waals surface area contributed by atoms with Crippen LogP contribution in [0.3, 0.4) is 0 Å². The van der Waals surface area contributed by atoms with E-state index in [4.69, 9.17) is 9.47 Å². The maximum Gasteiger partial charge on any atom is 0.407 e. The molecule has 3 N–H and O–H groups in total. The molecular weight excluding hydrogens is 705 g/mol. The number of amides is 2. The summed E-state index contributed by atoms with van der Waals surface area (Å²) in [6.07, 6.45) is 2.93. The van der Waals surface area contributed by atoms with E-state index in [9.17, 15) is 14.4 Å². The van der Waals surface area contributed by atoms with Gasteiger partial charge in [0.2, 0.25) is 5.91 Å². The first-order chi connectivity index (χ1) is 25.3. The van der Waals surface area contributed by atoms with Gasteiger partial charge in [0.1, 0.15) is 11.6 Å². The SMILES string of the molecule is CC[C@H](C)[C@@H](CN(C)CC(=O)N[C@@H](CCSC)C(=O)OC)NC[C@H](CSC(c1ccccc1)(c1ccccc1)c1ccccc1)NC(=O)OC(C)(C)C. The van der Waals surface area contributed by atoms with Gasteiger partial charge in [-0.2, -0.15) is 11.8 Å². The van der Waals surface area contributed by atoms with Crippen LogP contribution in [0.2, 0.25) is 0 Å². The quantitative estimate of drug-likeness (QED) is 0.0785. The summed E-state index contributed by atoms with van der Waals surface area (Å²) in [7, 11) is 3.25. The topological polar surface area (TPSA) is 109 Å². The van der Waals surface area contributed by atoms with Crippen LogP contribution in [-0.2, 0) is 23.8 Å². The molecule has 0 saturated carbocycles. The van der Waals surface area contributed by atoms with Crippen molar-refractivity contribution in [2.45, 2.75) is 75.9 Å². The molecule has 0 radical (unpaired) electrons. The van der Waals surface area contributed by atoms with Crippen molar-refractivity contribution in [2.24, 2.45) is 5.92 Å². The number of hydrogen-bond donors (Lipinski definition) is 3. The minimum atomic E-state index is -0.677. The van der Waals surface area contributed by atoms with Crippen molar-refractivity contribution in [3.63, 3.8) is 0 Å². The number of rotatable bonds is 21. The summed E-state index contributed by atoms with van der Waals surface area (Å²) < 4.78 is 10.1. The third-order valence-electron chi connectivity index (χ3n) is 9.07. The molecule has 0 saturated heterocycles. The Morgan fingerprint density at radius 1 is 0.849 bits per heavy atom. The number of ether oxygens (including phenoxy) is 2. The molecule has 0 aliphatic carbocycles. The van der Waals surface area contributed by atoms with Crippen molar-refractivity contribution in [3.05, 3.63) is 108 Å². The standard InChI is InChI=1S/C42H60N4O5S2/c1-9-31(2)37(28-46(6)29-38(47)45-36(25-26-52-8)39(48)50-7)43-27-35(44-40(49)51-41(3,4)5)30-53-42(32-19-13-10-14-20-32,33-21-15-11-16-22-33)34-23-17-12-18-24-34/h10-24,31,35-37,43H,9,25-30H2,1-8H3,(H,44,49)(H,45,47)/t31-,35+,36-,37+/m0/s1. The number of hydrogen-bond acceptors (Lipinski definition) is 9. The number of likely N-dealkylation sites (N-methyl/N-ethyl adjacent to an activating group) is 1. The number of alkyl carbamates (subject to hydrolysis) is 1. The number of thioether (sulfide) groups is 2. The molecule has 0 bridgehead atoms. The third-order valence-corrected chi connectivity index (χ3v) is 11.4. The molecule has 0 heterocycles. The Morgan fingerprint density at radius 2 is 1.38 bits per heavy atom. The van der Waals surface area contributed by atoms with Crippen molar-refractivity contribution in [3.8, 4) is 0 Å². The Labute approximate surface area is 326 Å². The van der Waals surface area contributed by atoms with Gasteiger partial charge in [-0.25, -0.2) is 9.59 Å². The summed E-state index contributed by atoms with van der Waals surface area (Å²) in [5.41, 5.74) is 2.78. The zero-order chi connectivity index (χ0) is 38.9. The molecule has 9 nitrogen and oxygen atoms in total. The second-order valence-electron chi connectivity index (χ2n) is 14.5. The van der Waals surface area contributed by atoms with Crippen LogP contribution in [0.4, 0.5) is 4.79 Å². The third kappa shape index (κ3) is 14.0. The van der Waals surface area contributed by atoms with Crippen LogP contribution >= 0.6 is 23.5 Å². The molecule has 0 unspecified atom stereocenters. The second kappa shape index (κ2) is 22.0. The summed E-state index contributed by atoms with van der Waals surface area (Å²) in [4.78, 5) is 40.6. The number of nitrogens with zero attached hydrogens (tertiary/aromatic N) is 1. The van der Waals surface area contributed by atoms with E-state index in [-0.39, 0.29) is 30.5 Å². The average Bonchev–Trinajstić information content (AvgIpc) is 3.14. The highest BCUT2D eigenvalue weighted by Crippen LogP contribution is 2.48. The summed E-state index contributed by atoms with van der Waals surface area (Å²) in [6, 6.07) is 30.6. The minimum absolute atomic E-state index is 0.0146. The number of esters is 1. The molecule has 4 atom stereocenters. The van der Waals surface area contributed by atoms with Gasteiger partial charge in [-0.3, -0.25) is 9.69 Å². The predicted octanol–water partition coefficient (Wildman–Crippen LogP) is 6.95. The van der Waals surface area contributed by atoms with Crippen LogP contribution < -0.4 is 16.0 Å². The first-order valence-electron chi connectivity index (χ1n) is 18.4. The zero-order valence-electron chi connectivity index (χ0n) is 32.7. The van der Waals surface area contributed by atoms with Crippen molar-refractivity contribution in [1.29, 1.82) is 0 Å². The van der Waals surface area contributed by atoms with Crippen molar-refractivity contribution in [1.82, 2.24) is 20.9 Å². The van der Waals surface area contributed by atoms with E-state index in [1.54, 1.807) is 23.5 Å². The lowest BCUT2D eigenvalue weighted by atomic mass is 9.84. The Hall–Kier alpha value is -3.51. The van der Waals surface area contributed by atoms with Gasteiger partial charge in [-0.1, -0.05) is 111 Å². The van der Waals surface area contributed by atoms with E-state index in [0.29, 0.717) is 25.3 Å². The largest absolute Gasteiger partial charge is 0.467 e. The van der Waals surface area contributed by atoms with Gasteiger partial charge in [-0.15, -0.1) is 11.8 Å². The highest BCUT2D eigenvalue weighted by molar-refractivity contribution is 8.00. The van der Waals surface area contributed by atoms with E-state index >= 15 is 0 Å². The lowest BCUT2D eigenvalue weighted by molar-refractivity contribution is -0.145. The molecule has 3 aromatic rings. The number of carbonyl (C=O) groups is 3. The predicted molar refractivity (Wildman–Crippen MR) is 221 cm³/mol. The van der Waals surface area contributed by atoms with Crippen LogP contribution in [0.25, 0.3) is 0 Å². The van der Waals surface area contributed by atoms with Gasteiger partial charge in [-0.05, 0) is 68.9 Å². The van der Waals surface area contributed by atoms with Crippen LogP contribution in [0.15, 0.2) is 91.0 Å². The molecule has 3 aromatic carbocycles. The van der Waals surface area contributed by atoms with Crippen molar-refractivity contribution < 1.29 is 23.9 Å². The van der Waals surface area contributed by atoms with Gasteiger partial charge in [0, 0.05) is 24.9 Å². The number of nitrogens with one attached hydrogen (secondary N) is 3. The summed E-state index contributed by atoms with van der Waals surface area (Å²) in [5.74, 6) is 0.909. The lowest BCUT2D eigenvalue weighted by Crippen LogP contribution is -2.53. The monoisotopic (exact) mass is 764 g/mol. The van der Waals surface area contributed by atoms with E-state index in [1.165, 1.54) is 7.11 Å². The molecule has 0 aliphatic heterocycles.